The second kappa shape index (κ2) is 5.29. The molecule has 0 aromatic heterocycles. The number of hydrogen-bond acceptors (Lipinski definition) is 4. The van der Waals surface area contributed by atoms with E-state index < -0.39 is 6.41 Å². The maximum Gasteiger partial charge on any atom is 0.216 e. The Morgan fingerprint density at radius 1 is 1.37 bits per heavy atom. The number of aliphatic hydroxyl groups excluding tert-OH is 1. The number of hydrogen-bond donors (Lipinski definition) is 2. The van der Waals surface area contributed by atoms with E-state index in [0.29, 0.717) is 18.1 Å². The third-order valence-electron chi connectivity index (χ3n) is 3.11. The number of aromatic hydroxyl groups is 1. The zero-order valence-electron chi connectivity index (χ0n) is 11.4. The van der Waals surface area contributed by atoms with Crippen LogP contribution in [0.3, 0.4) is 0 Å². The van der Waals surface area contributed by atoms with Crippen molar-refractivity contribution in [3.63, 3.8) is 0 Å². The molecule has 0 aliphatic carbocycles. The van der Waals surface area contributed by atoms with Crippen LogP contribution in [0, 0.1) is 0 Å². The molecule has 0 amide bonds. The van der Waals surface area contributed by atoms with Gasteiger partial charge in [-0.05, 0) is 39.0 Å². The number of halogens is 1. The lowest BCUT2D eigenvalue weighted by Gasteiger charge is -2.43. The van der Waals surface area contributed by atoms with Crippen molar-refractivity contribution in [3.05, 3.63) is 28.8 Å². The number of phenolic OH excluding ortho intramolecular Hbond substituents is 1. The highest BCUT2D eigenvalue weighted by Crippen LogP contribution is 2.35. The van der Waals surface area contributed by atoms with E-state index >= 15 is 0 Å². The third-order valence-corrected chi connectivity index (χ3v) is 3.35. The zero-order valence-corrected chi connectivity index (χ0v) is 12.2. The summed E-state index contributed by atoms with van der Waals surface area (Å²) >= 11 is 5.93. The minimum Gasteiger partial charge on any atom is -0.508 e. The second-order valence-electron chi connectivity index (χ2n) is 5.91. The Hall–Kier alpha value is -0.810. The van der Waals surface area contributed by atoms with Crippen molar-refractivity contribution >= 4 is 11.6 Å². The molecule has 1 fully saturated rings. The van der Waals surface area contributed by atoms with Gasteiger partial charge in [0.25, 0.3) is 0 Å². The molecule has 1 aliphatic heterocycles. The topological polar surface area (TPSA) is 52.9 Å². The van der Waals surface area contributed by atoms with Crippen LogP contribution in [0.2, 0.25) is 5.02 Å². The molecule has 0 bridgehead atoms. The van der Waals surface area contributed by atoms with Gasteiger partial charge in [-0.1, -0.05) is 11.6 Å². The average Bonchev–Trinajstić information content (AvgIpc) is 2.18. The van der Waals surface area contributed by atoms with Crippen LogP contribution in [0.25, 0.3) is 0 Å². The van der Waals surface area contributed by atoms with Crippen LogP contribution in [-0.4, -0.2) is 40.2 Å². The molecule has 1 unspecified atom stereocenters. The molecule has 1 saturated heterocycles. The van der Waals surface area contributed by atoms with E-state index in [0.717, 1.165) is 5.56 Å². The van der Waals surface area contributed by atoms with E-state index in [9.17, 15) is 10.2 Å². The molecule has 1 aromatic carbocycles. The van der Waals surface area contributed by atoms with Crippen LogP contribution in [0.1, 0.15) is 32.3 Å². The van der Waals surface area contributed by atoms with Gasteiger partial charge in [-0.3, -0.25) is 4.90 Å². The van der Waals surface area contributed by atoms with Gasteiger partial charge in [0.15, 0.2) is 0 Å². The summed E-state index contributed by atoms with van der Waals surface area (Å²) in [4.78, 5) is 1.82. The van der Waals surface area contributed by atoms with Crippen molar-refractivity contribution in [3.8, 4) is 5.75 Å². The molecule has 0 spiro atoms. The Morgan fingerprint density at radius 3 is 2.58 bits per heavy atom. The number of nitrogens with zero attached hydrogens (tertiary/aromatic N) is 1. The Morgan fingerprint density at radius 2 is 2.00 bits per heavy atom. The summed E-state index contributed by atoms with van der Waals surface area (Å²) in [7, 11) is 0. The van der Waals surface area contributed by atoms with Crippen LogP contribution in [0.4, 0.5) is 0 Å². The predicted octanol–water partition coefficient (Wildman–Crippen LogP) is 2.54. The summed E-state index contributed by atoms with van der Waals surface area (Å²) in [6.07, 6.45) is -0.905. The number of rotatable bonds is 3. The van der Waals surface area contributed by atoms with Crippen LogP contribution in [-0.2, 0) is 4.74 Å². The number of aliphatic hydroxyl groups is 1. The van der Waals surface area contributed by atoms with Crippen molar-refractivity contribution < 1.29 is 14.9 Å². The van der Waals surface area contributed by atoms with Crippen LogP contribution in [0.5, 0.6) is 5.75 Å². The highest BCUT2D eigenvalue weighted by Gasteiger charge is 2.35. The van der Waals surface area contributed by atoms with Gasteiger partial charge in [0.2, 0.25) is 6.41 Å². The summed E-state index contributed by atoms with van der Waals surface area (Å²) in [5.74, 6) is 0.428. The Balaban J connectivity index is 1.94. The van der Waals surface area contributed by atoms with Crippen molar-refractivity contribution in [2.24, 2.45) is 0 Å². The average molecular weight is 286 g/mol. The molecule has 2 rings (SSSR count). The highest BCUT2D eigenvalue weighted by molar-refractivity contribution is 6.30. The molecule has 5 heteroatoms. The molecule has 1 aromatic rings. The minimum absolute atomic E-state index is 0.178. The molecule has 2 N–H and O–H groups in total. The molecule has 1 atom stereocenters. The van der Waals surface area contributed by atoms with E-state index in [-0.39, 0.29) is 17.3 Å². The Kier molecular flexibility index (Phi) is 4.06. The fraction of sp³-hybridized carbons (Fsp3) is 0.571. The summed E-state index contributed by atoms with van der Waals surface area (Å²) in [6.45, 7) is 6.99. The lowest BCUT2D eigenvalue weighted by atomic mass is 9.91. The van der Waals surface area contributed by atoms with Gasteiger partial charge in [-0.15, -0.1) is 0 Å². The lowest BCUT2D eigenvalue weighted by molar-refractivity contribution is -0.255. The SMILES string of the molecule is CC(C)(C)OC(O)N1CC(c2cc(Cl)ccc2O)C1. The lowest BCUT2D eigenvalue weighted by Crippen LogP contribution is -2.53. The summed E-state index contributed by atoms with van der Waals surface area (Å²) < 4.78 is 5.47. The van der Waals surface area contributed by atoms with E-state index in [2.05, 4.69) is 0 Å². The fourth-order valence-electron chi connectivity index (χ4n) is 2.13. The first-order valence-electron chi connectivity index (χ1n) is 6.34. The highest BCUT2D eigenvalue weighted by atomic mass is 35.5. The molecule has 1 aliphatic rings. The van der Waals surface area contributed by atoms with E-state index in [4.69, 9.17) is 16.3 Å². The number of likely N-dealkylation sites (tertiary alicyclic amines) is 1. The first-order valence-corrected chi connectivity index (χ1v) is 6.72. The van der Waals surface area contributed by atoms with Gasteiger partial charge in [-0.25, -0.2) is 0 Å². The van der Waals surface area contributed by atoms with Crippen LogP contribution < -0.4 is 0 Å². The molecule has 106 valence electrons. The van der Waals surface area contributed by atoms with Crippen molar-refractivity contribution in [2.45, 2.75) is 38.7 Å². The molecule has 4 nitrogen and oxygen atoms in total. The minimum atomic E-state index is -0.905. The van der Waals surface area contributed by atoms with Gasteiger partial charge in [0.1, 0.15) is 5.75 Å². The first-order chi connectivity index (χ1) is 8.76. The van der Waals surface area contributed by atoms with Crippen molar-refractivity contribution in [1.29, 1.82) is 0 Å². The van der Waals surface area contributed by atoms with Gasteiger partial charge in [-0.2, -0.15) is 0 Å². The number of ether oxygens (including phenoxy) is 1. The van der Waals surface area contributed by atoms with Gasteiger partial charge in [0, 0.05) is 29.6 Å². The predicted molar refractivity (Wildman–Crippen MR) is 74.3 cm³/mol. The zero-order chi connectivity index (χ0) is 14.2. The first kappa shape index (κ1) is 14.6. The normalized spacial score (nSPS) is 19.2. The van der Waals surface area contributed by atoms with Gasteiger partial charge < -0.3 is 14.9 Å². The van der Waals surface area contributed by atoms with Gasteiger partial charge in [0.05, 0.1) is 5.60 Å². The monoisotopic (exact) mass is 285 g/mol. The second-order valence-corrected chi connectivity index (χ2v) is 6.35. The Bertz CT molecular complexity index is 452. The summed E-state index contributed by atoms with van der Waals surface area (Å²) in [5.41, 5.74) is 0.439. The summed E-state index contributed by atoms with van der Waals surface area (Å²) in [5, 5.41) is 20.3. The van der Waals surface area contributed by atoms with Gasteiger partial charge >= 0.3 is 0 Å². The maximum absolute atomic E-state index is 9.91. The van der Waals surface area contributed by atoms with Crippen LogP contribution in [0.15, 0.2) is 18.2 Å². The van der Waals surface area contributed by atoms with E-state index in [1.807, 2.05) is 25.7 Å². The largest absolute Gasteiger partial charge is 0.508 e. The van der Waals surface area contributed by atoms with Crippen molar-refractivity contribution in [2.75, 3.05) is 13.1 Å². The van der Waals surface area contributed by atoms with E-state index in [1.165, 1.54) is 0 Å². The number of phenols is 1. The van der Waals surface area contributed by atoms with Crippen LogP contribution >= 0.6 is 11.6 Å². The quantitative estimate of drug-likeness (QED) is 0.838. The van der Waals surface area contributed by atoms with E-state index in [1.54, 1.807) is 18.2 Å². The fourth-order valence-corrected chi connectivity index (χ4v) is 2.31. The smallest absolute Gasteiger partial charge is 0.216 e. The summed E-state index contributed by atoms with van der Waals surface area (Å²) in [6, 6.07) is 5.03. The number of benzene rings is 1. The third kappa shape index (κ3) is 3.60. The molecule has 1 heterocycles. The maximum atomic E-state index is 9.91. The Labute approximate surface area is 118 Å². The molecular weight excluding hydrogens is 266 g/mol. The standard InChI is InChI=1S/C14H20ClNO3/c1-14(2,3)19-13(18)16-7-9(8-16)11-6-10(15)4-5-12(11)17/h4-6,9,13,17-18H,7-8H2,1-3H3. The molecule has 0 radical (unpaired) electrons. The molecule has 19 heavy (non-hydrogen) atoms. The molecule has 0 saturated carbocycles. The van der Waals surface area contributed by atoms with Crippen molar-refractivity contribution in [1.82, 2.24) is 4.90 Å². The molecular formula is C14H20ClNO3.